The van der Waals surface area contributed by atoms with Crippen LogP contribution in [-0.4, -0.2) is 12.4 Å². The van der Waals surface area contributed by atoms with E-state index in [9.17, 15) is 9.18 Å². The van der Waals surface area contributed by atoms with Crippen molar-refractivity contribution in [3.8, 4) is 5.75 Å². The van der Waals surface area contributed by atoms with E-state index in [1.165, 1.54) is 6.07 Å². The molecule has 0 fully saturated rings. The van der Waals surface area contributed by atoms with Gasteiger partial charge in [-0.2, -0.15) is 0 Å². The number of halogens is 1. The van der Waals surface area contributed by atoms with Gasteiger partial charge in [-0.1, -0.05) is 6.07 Å². The van der Waals surface area contributed by atoms with Gasteiger partial charge < -0.3 is 4.74 Å². The van der Waals surface area contributed by atoms with Crippen LogP contribution in [-0.2, 0) is 0 Å². The van der Waals surface area contributed by atoms with Gasteiger partial charge in [0, 0.05) is 6.42 Å². The third-order valence-electron chi connectivity index (χ3n) is 2.17. The van der Waals surface area contributed by atoms with E-state index >= 15 is 0 Å². The normalized spacial score (nSPS) is 15.1. The Hall–Kier alpha value is -1.38. The summed E-state index contributed by atoms with van der Waals surface area (Å²) >= 11 is 0. The lowest BCUT2D eigenvalue weighted by atomic mass is 9.99. The number of benzene rings is 1. The molecule has 0 aromatic heterocycles. The summed E-state index contributed by atoms with van der Waals surface area (Å²) in [6.45, 7) is 2.07. The van der Waals surface area contributed by atoms with Gasteiger partial charge in [0.05, 0.1) is 12.2 Å². The molecule has 1 heterocycles. The molecule has 1 aromatic carbocycles. The highest BCUT2D eigenvalue weighted by molar-refractivity contribution is 6.00. The number of hydrogen-bond acceptors (Lipinski definition) is 2. The van der Waals surface area contributed by atoms with Crippen LogP contribution < -0.4 is 4.74 Å². The predicted molar refractivity (Wildman–Crippen MR) is 45.6 cm³/mol. The predicted octanol–water partition coefficient (Wildman–Crippen LogP) is 2.10. The fourth-order valence-electron chi connectivity index (χ4n) is 1.51. The number of carbonyl (C=O) groups excluding carboxylic acids is 1. The Morgan fingerprint density at radius 2 is 2.23 bits per heavy atom. The average molecular weight is 180 g/mol. The van der Waals surface area contributed by atoms with Crippen molar-refractivity contribution in [2.45, 2.75) is 13.3 Å². The number of ketones is 1. The van der Waals surface area contributed by atoms with E-state index in [1.54, 1.807) is 13.0 Å². The molecular weight excluding hydrogens is 171 g/mol. The molecule has 1 aromatic rings. The molecule has 2 nitrogen and oxygen atoms in total. The second-order valence-corrected chi connectivity index (χ2v) is 3.09. The molecule has 0 atom stereocenters. The van der Waals surface area contributed by atoms with Crippen LogP contribution in [0.3, 0.4) is 0 Å². The third-order valence-corrected chi connectivity index (χ3v) is 2.17. The molecule has 0 bridgehead atoms. The molecule has 0 spiro atoms. The Morgan fingerprint density at radius 1 is 1.46 bits per heavy atom. The number of aryl methyl sites for hydroxylation is 1. The Morgan fingerprint density at radius 3 is 2.92 bits per heavy atom. The van der Waals surface area contributed by atoms with Crippen molar-refractivity contribution < 1.29 is 13.9 Å². The van der Waals surface area contributed by atoms with Gasteiger partial charge in [0.25, 0.3) is 0 Å². The van der Waals surface area contributed by atoms with Gasteiger partial charge in [0.15, 0.2) is 17.3 Å². The second-order valence-electron chi connectivity index (χ2n) is 3.09. The first kappa shape index (κ1) is 8.23. The summed E-state index contributed by atoms with van der Waals surface area (Å²) in [5, 5.41) is 0. The van der Waals surface area contributed by atoms with E-state index in [-0.39, 0.29) is 18.1 Å². The van der Waals surface area contributed by atoms with Gasteiger partial charge in [-0.15, -0.1) is 0 Å². The van der Waals surface area contributed by atoms with Gasteiger partial charge >= 0.3 is 0 Å². The topological polar surface area (TPSA) is 26.3 Å². The highest BCUT2D eigenvalue weighted by Crippen LogP contribution is 2.30. The smallest absolute Gasteiger partial charge is 0.170 e. The van der Waals surface area contributed by atoms with E-state index < -0.39 is 5.82 Å². The van der Waals surface area contributed by atoms with Gasteiger partial charge in [0.1, 0.15) is 0 Å². The van der Waals surface area contributed by atoms with E-state index in [4.69, 9.17) is 4.74 Å². The number of Topliss-reactive ketones (excluding diaryl/α,β-unsaturated/α-hetero) is 1. The molecule has 1 aliphatic rings. The highest BCUT2D eigenvalue weighted by Gasteiger charge is 2.23. The maximum atomic E-state index is 13.1. The first-order chi connectivity index (χ1) is 6.20. The van der Waals surface area contributed by atoms with Crippen LogP contribution in [0, 0.1) is 12.7 Å². The summed E-state index contributed by atoms with van der Waals surface area (Å²) < 4.78 is 18.3. The first-order valence-electron chi connectivity index (χ1n) is 4.15. The van der Waals surface area contributed by atoms with Crippen LogP contribution in [0.4, 0.5) is 4.39 Å². The molecule has 0 amide bonds. The number of rotatable bonds is 0. The van der Waals surface area contributed by atoms with Gasteiger partial charge in [-0.25, -0.2) is 4.39 Å². The van der Waals surface area contributed by atoms with Crippen LogP contribution in [0.15, 0.2) is 12.1 Å². The Bertz CT molecular complexity index is 371. The highest BCUT2D eigenvalue weighted by atomic mass is 19.1. The zero-order valence-electron chi connectivity index (χ0n) is 7.26. The minimum atomic E-state index is -0.450. The summed E-state index contributed by atoms with van der Waals surface area (Å²) in [5.74, 6) is -0.358. The van der Waals surface area contributed by atoms with Crippen molar-refractivity contribution in [1.82, 2.24) is 0 Å². The Kier molecular flexibility index (Phi) is 1.79. The van der Waals surface area contributed by atoms with Gasteiger partial charge in [-0.05, 0) is 18.6 Å². The summed E-state index contributed by atoms with van der Waals surface area (Å²) in [6, 6.07) is 2.92. The lowest BCUT2D eigenvalue weighted by Gasteiger charge is -2.18. The maximum absolute atomic E-state index is 13.1. The fraction of sp³-hybridized carbons (Fsp3) is 0.300. The van der Waals surface area contributed by atoms with Crippen molar-refractivity contribution in [3.63, 3.8) is 0 Å². The molecular formula is C10H9FO2. The molecule has 13 heavy (non-hydrogen) atoms. The minimum absolute atomic E-state index is 0.0294. The molecule has 1 aliphatic heterocycles. The van der Waals surface area contributed by atoms with Crippen molar-refractivity contribution in [2.75, 3.05) is 6.61 Å². The molecule has 0 saturated carbocycles. The number of hydrogen-bond donors (Lipinski definition) is 0. The number of ether oxygens (including phenoxy) is 1. The van der Waals surface area contributed by atoms with Gasteiger partial charge in [-0.3, -0.25) is 4.79 Å². The Balaban J connectivity index is 2.67. The summed E-state index contributed by atoms with van der Waals surface area (Å²) in [5.41, 5.74) is 1.19. The monoisotopic (exact) mass is 180 g/mol. The minimum Gasteiger partial charge on any atom is -0.489 e. The third kappa shape index (κ3) is 1.20. The zero-order chi connectivity index (χ0) is 9.42. The molecule has 0 saturated heterocycles. The van der Waals surface area contributed by atoms with Crippen molar-refractivity contribution >= 4 is 5.78 Å². The van der Waals surface area contributed by atoms with Crippen molar-refractivity contribution in [1.29, 1.82) is 0 Å². The first-order valence-corrected chi connectivity index (χ1v) is 4.15. The zero-order valence-corrected chi connectivity index (χ0v) is 7.26. The quantitative estimate of drug-likeness (QED) is 0.611. The summed E-state index contributed by atoms with van der Waals surface area (Å²) in [4.78, 5) is 11.4. The lowest BCUT2D eigenvalue weighted by molar-refractivity contribution is 0.0928. The lowest BCUT2D eigenvalue weighted by Crippen LogP contribution is -2.17. The molecule has 0 radical (unpaired) electrons. The van der Waals surface area contributed by atoms with Crippen LogP contribution in [0.2, 0.25) is 0 Å². The standard InChI is InChI=1S/C10H9FO2/c1-6-2-3-7(11)10-9(6)8(12)4-5-13-10/h2-3H,4-5H2,1H3. The SMILES string of the molecule is Cc1ccc(F)c2c1C(=O)CCO2. The molecule has 3 heteroatoms. The maximum Gasteiger partial charge on any atom is 0.170 e. The molecule has 0 unspecified atom stereocenters. The molecule has 68 valence electrons. The van der Waals surface area contributed by atoms with E-state index in [2.05, 4.69) is 0 Å². The van der Waals surface area contributed by atoms with Crippen molar-refractivity contribution in [2.24, 2.45) is 0 Å². The number of carbonyl (C=O) groups is 1. The van der Waals surface area contributed by atoms with Crippen LogP contribution in [0.1, 0.15) is 22.3 Å². The van der Waals surface area contributed by atoms with E-state index in [1.807, 2.05) is 0 Å². The Labute approximate surface area is 75.3 Å². The largest absolute Gasteiger partial charge is 0.489 e. The van der Waals surface area contributed by atoms with Crippen molar-refractivity contribution in [3.05, 3.63) is 29.1 Å². The van der Waals surface area contributed by atoms with Crippen LogP contribution in [0.25, 0.3) is 0 Å². The summed E-state index contributed by atoms with van der Waals surface area (Å²) in [6.07, 6.45) is 0.345. The van der Waals surface area contributed by atoms with Gasteiger partial charge in [0.2, 0.25) is 0 Å². The second kappa shape index (κ2) is 2.83. The van der Waals surface area contributed by atoms with Crippen LogP contribution >= 0.6 is 0 Å². The van der Waals surface area contributed by atoms with E-state index in [0.717, 1.165) is 5.56 Å². The van der Waals surface area contributed by atoms with E-state index in [0.29, 0.717) is 12.0 Å². The average Bonchev–Trinajstić information content (AvgIpc) is 2.12. The molecule has 2 rings (SSSR count). The number of fused-ring (bicyclic) bond motifs is 1. The van der Waals surface area contributed by atoms with Crippen LogP contribution in [0.5, 0.6) is 5.75 Å². The summed E-state index contributed by atoms with van der Waals surface area (Å²) in [7, 11) is 0. The fourth-order valence-corrected chi connectivity index (χ4v) is 1.51. The molecule has 0 N–H and O–H groups in total. The molecule has 0 aliphatic carbocycles.